The van der Waals surface area contributed by atoms with E-state index in [9.17, 15) is 22.4 Å². The molecule has 0 radical (unpaired) electrons. The van der Waals surface area contributed by atoms with Crippen LogP contribution in [0.3, 0.4) is 0 Å². The molecule has 2 atom stereocenters. The molecule has 0 bridgehead atoms. The fourth-order valence-electron chi connectivity index (χ4n) is 3.60. The van der Waals surface area contributed by atoms with E-state index in [1.165, 1.54) is 0 Å². The molecular weight excluding hydrogens is 456 g/mol. The predicted octanol–water partition coefficient (Wildman–Crippen LogP) is 4.68. The van der Waals surface area contributed by atoms with Crippen LogP contribution in [0.1, 0.15) is 28.8 Å². The van der Waals surface area contributed by atoms with Gasteiger partial charge in [-0.3, -0.25) is 0 Å². The van der Waals surface area contributed by atoms with E-state index < -0.39 is 41.4 Å². The molecule has 0 fully saturated rings. The van der Waals surface area contributed by atoms with Gasteiger partial charge in [-0.25, -0.2) is 22.4 Å². The number of nitrogens with one attached hydrogen (secondary N) is 1. The number of amides is 1. The Morgan fingerprint density at radius 1 is 0.912 bits per heavy atom. The molecule has 10 heteroatoms. The summed E-state index contributed by atoms with van der Waals surface area (Å²) in [5.41, 5.74) is 6.76. The minimum atomic E-state index is -0.749. The summed E-state index contributed by atoms with van der Waals surface area (Å²) >= 11 is 0. The Morgan fingerprint density at radius 2 is 1.50 bits per heavy atom. The van der Waals surface area contributed by atoms with Crippen molar-refractivity contribution in [1.29, 1.82) is 0 Å². The smallest absolute Gasteiger partial charge is 0.408 e. The normalized spacial score (nSPS) is 17.4. The fraction of sp³-hybridized carbons (Fsp3) is 0.208. The average molecular weight is 476 g/mol. The first kappa shape index (κ1) is 23.4. The summed E-state index contributed by atoms with van der Waals surface area (Å²) in [5.74, 6) is -2.41. The zero-order valence-corrected chi connectivity index (χ0v) is 17.7. The van der Waals surface area contributed by atoms with Crippen LogP contribution in [0, 0.1) is 23.3 Å². The molecule has 3 aromatic rings. The van der Waals surface area contributed by atoms with Gasteiger partial charge in [0.25, 0.3) is 0 Å². The number of halogens is 4. The lowest BCUT2D eigenvalue weighted by molar-refractivity contribution is 0.133. The monoisotopic (exact) mass is 476 g/mol. The standard InChI is InChI=1S/C16H13F2NO3.C8H7F2NO/c17-11-6-12(18)15-13(9-21-14(15)7-11)19-16(20)22-8-10-4-2-1-3-5-10;9-4-1-5(10)8-6(11)3-12-7(8)2-4/h1-7,13H,8-9H2,(H,19,20);1-2,6H,3,11H2. The van der Waals surface area contributed by atoms with Crippen molar-refractivity contribution in [3.63, 3.8) is 0 Å². The van der Waals surface area contributed by atoms with Gasteiger partial charge in [0.2, 0.25) is 0 Å². The second-order valence-corrected chi connectivity index (χ2v) is 7.59. The van der Waals surface area contributed by atoms with E-state index in [-0.39, 0.29) is 42.4 Å². The van der Waals surface area contributed by atoms with Gasteiger partial charge in [-0.05, 0) is 5.56 Å². The second-order valence-electron chi connectivity index (χ2n) is 7.59. The summed E-state index contributed by atoms with van der Waals surface area (Å²) in [6.45, 7) is 0.366. The van der Waals surface area contributed by atoms with E-state index in [2.05, 4.69) is 5.32 Å². The summed E-state index contributed by atoms with van der Waals surface area (Å²) in [4.78, 5) is 11.8. The highest BCUT2D eigenvalue weighted by molar-refractivity contribution is 5.68. The van der Waals surface area contributed by atoms with Gasteiger partial charge in [-0.15, -0.1) is 0 Å². The van der Waals surface area contributed by atoms with Crippen molar-refractivity contribution in [2.45, 2.75) is 18.7 Å². The number of rotatable bonds is 3. The van der Waals surface area contributed by atoms with Crippen molar-refractivity contribution in [1.82, 2.24) is 5.32 Å². The molecule has 3 N–H and O–H groups in total. The van der Waals surface area contributed by atoms with Crippen molar-refractivity contribution in [2.75, 3.05) is 13.2 Å². The quantitative estimate of drug-likeness (QED) is 0.537. The van der Waals surface area contributed by atoms with Gasteiger partial charge < -0.3 is 25.3 Å². The van der Waals surface area contributed by atoms with Crippen LogP contribution < -0.4 is 20.5 Å². The third-order valence-corrected chi connectivity index (χ3v) is 5.16. The lowest BCUT2D eigenvalue weighted by Crippen LogP contribution is -2.30. The average Bonchev–Trinajstić information content (AvgIpc) is 3.37. The Hall–Kier alpha value is -3.79. The number of carbonyl (C=O) groups is 1. The summed E-state index contributed by atoms with van der Waals surface area (Å²) in [5, 5.41) is 2.52. The van der Waals surface area contributed by atoms with Crippen LogP contribution in [0.15, 0.2) is 54.6 Å². The van der Waals surface area contributed by atoms with Gasteiger partial charge in [0.1, 0.15) is 54.6 Å². The van der Waals surface area contributed by atoms with Gasteiger partial charge in [-0.2, -0.15) is 0 Å². The van der Waals surface area contributed by atoms with E-state index in [0.29, 0.717) is 0 Å². The van der Waals surface area contributed by atoms with E-state index in [1.807, 2.05) is 30.3 Å². The molecule has 3 aromatic carbocycles. The van der Waals surface area contributed by atoms with Gasteiger partial charge in [-0.1, -0.05) is 30.3 Å². The Kier molecular flexibility index (Phi) is 6.87. The van der Waals surface area contributed by atoms with E-state index in [4.69, 9.17) is 19.9 Å². The molecule has 0 aliphatic carbocycles. The first-order valence-corrected chi connectivity index (χ1v) is 10.3. The molecule has 1 amide bonds. The maximum atomic E-state index is 13.8. The van der Waals surface area contributed by atoms with Crippen LogP contribution >= 0.6 is 0 Å². The number of alkyl carbamates (subject to hydrolysis) is 1. The van der Waals surface area contributed by atoms with Crippen LogP contribution in [-0.2, 0) is 11.3 Å². The fourth-order valence-corrected chi connectivity index (χ4v) is 3.60. The summed E-state index contributed by atoms with van der Waals surface area (Å²) in [6.07, 6.45) is -0.686. The molecule has 178 valence electrons. The third kappa shape index (κ3) is 5.23. The largest absolute Gasteiger partial charge is 0.491 e. The summed E-state index contributed by atoms with van der Waals surface area (Å²) in [6, 6.07) is 11.8. The number of hydrogen-bond donors (Lipinski definition) is 2. The van der Waals surface area contributed by atoms with E-state index >= 15 is 0 Å². The molecular formula is C24H20F4N2O4. The molecule has 0 saturated heterocycles. The van der Waals surface area contributed by atoms with Crippen LogP contribution in [0.25, 0.3) is 0 Å². The third-order valence-electron chi connectivity index (χ3n) is 5.16. The minimum Gasteiger partial charge on any atom is -0.491 e. The lowest BCUT2D eigenvalue weighted by Gasteiger charge is -2.12. The highest BCUT2D eigenvalue weighted by atomic mass is 19.1. The molecule has 5 rings (SSSR count). The molecule has 6 nitrogen and oxygen atoms in total. The molecule has 0 spiro atoms. The highest BCUT2D eigenvalue weighted by Crippen LogP contribution is 2.35. The Morgan fingerprint density at radius 3 is 2.18 bits per heavy atom. The van der Waals surface area contributed by atoms with Crippen LogP contribution in [0.5, 0.6) is 11.5 Å². The molecule has 2 unspecified atom stereocenters. The topological polar surface area (TPSA) is 82.8 Å². The first-order valence-electron chi connectivity index (χ1n) is 10.3. The molecule has 0 aromatic heterocycles. The maximum Gasteiger partial charge on any atom is 0.408 e. The number of carbonyl (C=O) groups excluding carboxylic acids is 1. The molecule has 34 heavy (non-hydrogen) atoms. The van der Waals surface area contributed by atoms with Gasteiger partial charge >= 0.3 is 6.09 Å². The minimum absolute atomic E-state index is 0.0378. The number of hydrogen-bond acceptors (Lipinski definition) is 5. The second kappa shape index (κ2) is 10.0. The number of nitrogens with two attached hydrogens (primary N) is 1. The Balaban J connectivity index is 0.000000192. The highest BCUT2D eigenvalue weighted by Gasteiger charge is 2.30. The van der Waals surface area contributed by atoms with E-state index in [0.717, 1.165) is 29.8 Å². The molecule has 0 saturated carbocycles. The molecule has 2 aliphatic rings. The van der Waals surface area contributed by atoms with Gasteiger partial charge in [0, 0.05) is 24.3 Å². The SMILES string of the molecule is NC1COc2cc(F)cc(F)c21.O=C(NC1COc2cc(F)cc(F)c21)OCc1ccccc1. The molecule has 2 heterocycles. The van der Waals surface area contributed by atoms with Crippen LogP contribution in [-0.4, -0.2) is 19.3 Å². The van der Waals surface area contributed by atoms with Gasteiger partial charge in [0.05, 0.1) is 23.2 Å². The van der Waals surface area contributed by atoms with Crippen LogP contribution in [0.2, 0.25) is 0 Å². The predicted molar refractivity (Wildman–Crippen MR) is 113 cm³/mol. The number of ether oxygens (including phenoxy) is 3. The number of fused-ring (bicyclic) bond motifs is 2. The van der Waals surface area contributed by atoms with Crippen molar-refractivity contribution >= 4 is 6.09 Å². The molecule has 2 aliphatic heterocycles. The van der Waals surface area contributed by atoms with Crippen molar-refractivity contribution in [3.8, 4) is 11.5 Å². The summed E-state index contributed by atoms with van der Waals surface area (Å²) in [7, 11) is 0. The van der Waals surface area contributed by atoms with Crippen molar-refractivity contribution in [2.24, 2.45) is 5.73 Å². The lowest BCUT2D eigenvalue weighted by atomic mass is 10.1. The van der Waals surface area contributed by atoms with E-state index in [1.54, 1.807) is 0 Å². The van der Waals surface area contributed by atoms with Crippen LogP contribution in [0.4, 0.5) is 22.4 Å². The number of benzene rings is 3. The zero-order valence-electron chi connectivity index (χ0n) is 17.7. The van der Waals surface area contributed by atoms with Gasteiger partial charge in [0.15, 0.2) is 0 Å². The Labute approximate surface area is 192 Å². The Bertz CT molecular complexity index is 1190. The zero-order chi connectivity index (χ0) is 24.2. The maximum absolute atomic E-state index is 13.8. The first-order chi connectivity index (χ1) is 16.3. The van der Waals surface area contributed by atoms with Crippen molar-refractivity contribution in [3.05, 3.63) is 94.6 Å². The van der Waals surface area contributed by atoms with Crippen molar-refractivity contribution < 1.29 is 36.6 Å². The summed E-state index contributed by atoms with van der Waals surface area (Å²) < 4.78 is 67.7.